The van der Waals surface area contributed by atoms with Gasteiger partial charge in [0.15, 0.2) is 0 Å². The molecule has 1 aromatic heterocycles. The van der Waals surface area contributed by atoms with Crippen molar-refractivity contribution in [3.05, 3.63) is 46.8 Å². The zero-order chi connectivity index (χ0) is 14.0. The first-order valence-electron chi connectivity index (χ1n) is 6.88. The summed E-state index contributed by atoms with van der Waals surface area (Å²) in [4.78, 5) is 0. The molecule has 0 bridgehead atoms. The third-order valence-corrected chi connectivity index (χ3v) is 3.76. The van der Waals surface area contributed by atoms with Gasteiger partial charge in [-0.3, -0.25) is 4.68 Å². The van der Waals surface area contributed by atoms with Crippen LogP contribution in [-0.4, -0.2) is 9.78 Å². The second kappa shape index (κ2) is 5.47. The van der Waals surface area contributed by atoms with Crippen LogP contribution in [0.5, 0.6) is 0 Å². The number of aromatic nitrogens is 2. The Bertz CT molecular complexity index is 552. The molecule has 2 aromatic rings. The smallest absolute Gasteiger partial charge is 0.0828 e. The first-order chi connectivity index (χ1) is 9.02. The van der Waals surface area contributed by atoms with E-state index in [0.717, 1.165) is 17.8 Å². The van der Waals surface area contributed by atoms with Gasteiger partial charge in [0.25, 0.3) is 0 Å². The molecule has 2 rings (SSSR count). The van der Waals surface area contributed by atoms with Gasteiger partial charge in [-0.25, -0.2) is 0 Å². The minimum absolute atomic E-state index is 0.285. The molecule has 3 nitrogen and oxygen atoms in total. The fourth-order valence-corrected chi connectivity index (χ4v) is 2.32. The fourth-order valence-electron chi connectivity index (χ4n) is 2.32. The van der Waals surface area contributed by atoms with Crippen LogP contribution < -0.4 is 5.32 Å². The topological polar surface area (TPSA) is 29.9 Å². The van der Waals surface area contributed by atoms with Gasteiger partial charge < -0.3 is 5.32 Å². The predicted octanol–water partition coefficient (Wildman–Crippen LogP) is 3.77. The second-order valence-electron chi connectivity index (χ2n) is 5.13. The molecule has 1 unspecified atom stereocenters. The van der Waals surface area contributed by atoms with Gasteiger partial charge in [0, 0.05) is 13.1 Å². The lowest BCUT2D eigenvalue weighted by atomic mass is 10.0. The molecule has 0 spiro atoms. The van der Waals surface area contributed by atoms with E-state index >= 15 is 0 Å². The monoisotopic (exact) mass is 257 g/mol. The molecule has 0 saturated carbocycles. The van der Waals surface area contributed by atoms with Crippen molar-refractivity contribution >= 4 is 5.69 Å². The summed E-state index contributed by atoms with van der Waals surface area (Å²) < 4.78 is 1.92. The van der Waals surface area contributed by atoms with Crippen molar-refractivity contribution in [1.82, 2.24) is 9.78 Å². The Balaban J connectivity index is 2.17. The summed E-state index contributed by atoms with van der Waals surface area (Å²) in [6.07, 6.45) is 1.09. The first-order valence-corrected chi connectivity index (χ1v) is 6.88. The Morgan fingerprint density at radius 3 is 2.32 bits per heavy atom. The van der Waals surface area contributed by atoms with Crippen molar-refractivity contribution in [2.75, 3.05) is 5.32 Å². The molecule has 19 heavy (non-hydrogen) atoms. The van der Waals surface area contributed by atoms with Crippen molar-refractivity contribution in [3.8, 4) is 0 Å². The number of aryl methyl sites for hydroxylation is 3. The molecule has 0 aliphatic heterocycles. The molecule has 0 amide bonds. The Morgan fingerprint density at radius 1 is 1.21 bits per heavy atom. The number of rotatable bonds is 4. The molecule has 0 fully saturated rings. The highest BCUT2D eigenvalue weighted by molar-refractivity contribution is 5.53. The van der Waals surface area contributed by atoms with E-state index in [4.69, 9.17) is 0 Å². The molecule has 1 aromatic carbocycles. The van der Waals surface area contributed by atoms with E-state index in [2.05, 4.69) is 55.5 Å². The van der Waals surface area contributed by atoms with Gasteiger partial charge in [0.05, 0.1) is 17.1 Å². The summed E-state index contributed by atoms with van der Waals surface area (Å²) in [6, 6.07) is 9.11. The number of hydrogen-bond donors (Lipinski definition) is 1. The van der Waals surface area contributed by atoms with Crippen LogP contribution in [0, 0.1) is 13.8 Å². The zero-order valence-electron chi connectivity index (χ0n) is 12.5. The lowest BCUT2D eigenvalue weighted by molar-refractivity contribution is 0.731. The van der Waals surface area contributed by atoms with Gasteiger partial charge in [0.2, 0.25) is 0 Å². The van der Waals surface area contributed by atoms with Gasteiger partial charge in [-0.15, -0.1) is 0 Å². The van der Waals surface area contributed by atoms with E-state index in [-0.39, 0.29) is 6.04 Å². The number of nitrogens with zero attached hydrogens (tertiary/aromatic N) is 2. The summed E-state index contributed by atoms with van der Waals surface area (Å²) in [5.41, 5.74) is 6.06. The van der Waals surface area contributed by atoms with Crippen molar-refractivity contribution in [1.29, 1.82) is 0 Å². The molecular formula is C16H23N3. The lowest BCUT2D eigenvalue weighted by Gasteiger charge is -2.16. The highest BCUT2D eigenvalue weighted by atomic mass is 15.3. The molecule has 0 radical (unpaired) electrons. The van der Waals surface area contributed by atoms with Crippen LogP contribution in [0.1, 0.15) is 42.4 Å². The average molecular weight is 257 g/mol. The van der Waals surface area contributed by atoms with Crippen molar-refractivity contribution in [2.45, 2.75) is 40.2 Å². The fraction of sp³-hybridized carbons (Fsp3) is 0.438. The van der Waals surface area contributed by atoms with E-state index in [1.807, 2.05) is 18.7 Å². The number of hydrogen-bond acceptors (Lipinski definition) is 2. The summed E-state index contributed by atoms with van der Waals surface area (Å²) in [5.74, 6) is 0. The van der Waals surface area contributed by atoms with Crippen molar-refractivity contribution in [2.24, 2.45) is 7.05 Å². The van der Waals surface area contributed by atoms with Crippen LogP contribution in [0.3, 0.4) is 0 Å². The predicted molar refractivity (Wildman–Crippen MR) is 80.5 cm³/mol. The maximum atomic E-state index is 4.44. The van der Waals surface area contributed by atoms with Crippen LogP contribution in [0.25, 0.3) is 0 Å². The molecule has 0 aliphatic carbocycles. The van der Waals surface area contributed by atoms with E-state index in [0.29, 0.717) is 0 Å². The Morgan fingerprint density at radius 2 is 1.84 bits per heavy atom. The SMILES string of the molecule is CCc1ccc(C(C)Nc2c(C)nn(C)c2C)cc1. The highest BCUT2D eigenvalue weighted by Gasteiger charge is 2.12. The lowest BCUT2D eigenvalue weighted by Crippen LogP contribution is -2.08. The summed E-state index contributed by atoms with van der Waals surface area (Å²) in [7, 11) is 1.98. The molecule has 3 heteroatoms. The van der Waals surface area contributed by atoms with Crippen molar-refractivity contribution < 1.29 is 0 Å². The standard InChI is InChI=1S/C16H23N3/c1-6-14-7-9-15(10-8-14)11(2)17-16-12(3)18-19(5)13(16)4/h7-11,17H,6H2,1-5H3. The second-order valence-corrected chi connectivity index (χ2v) is 5.13. The maximum Gasteiger partial charge on any atom is 0.0828 e. The molecule has 102 valence electrons. The highest BCUT2D eigenvalue weighted by Crippen LogP contribution is 2.24. The van der Waals surface area contributed by atoms with Crippen LogP contribution in [0.4, 0.5) is 5.69 Å². The number of anilines is 1. The largest absolute Gasteiger partial charge is 0.376 e. The molecule has 0 saturated heterocycles. The van der Waals surface area contributed by atoms with Crippen LogP contribution in [0.2, 0.25) is 0 Å². The van der Waals surface area contributed by atoms with Crippen LogP contribution in [0.15, 0.2) is 24.3 Å². The average Bonchev–Trinajstić information content (AvgIpc) is 2.65. The van der Waals surface area contributed by atoms with Gasteiger partial charge >= 0.3 is 0 Å². The Labute approximate surface area is 115 Å². The van der Waals surface area contributed by atoms with Crippen molar-refractivity contribution in [3.63, 3.8) is 0 Å². The summed E-state index contributed by atoms with van der Waals surface area (Å²) in [6.45, 7) is 8.50. The van der Waals surface area contributed by atoms with Gasteiger partial charge in [-0.05, 0) is 38.3 Å². The molecule has 0 aliphatic rings. The third kappa shape index (κ3) is 2.80. The third-order valence-electron chi connectivity index (χ3n) is 3.76. The van der Waals surface area contributed by atoms with Gasteiger partial charge in [0.1, 0.15) is 0 Å². The number of benzene rings is 1. The Hall–Kier alpha value is -1.77. The Kier molecular flexibility index (Phi) is 3.93. The van der Waals surface area contributed by atoms with Gasteiger partial charge in [-0.2, -0.15) is 5.10 Å². The zero-order valence-corrected chi connectivity index (χ0v) is 12.5. The van der Waals surface area contributed by atoms with Crippen LogP contribution in [-0.2, 0) is 13.5 Å². The van der Waals surface area contributed by atoms with E-state index < -0.39 is 0 Å². The minimum Gasteiger partial charge on any atom is -0.376 e. The van der Waals surface area contributed by atoms with E-state index in [9.17, 15) is 0 Å². The molecule has 1 atom stereocenters. The molecular weight excluding hydrogens is 234 g/mol. The molecule has 1 N–H and O–H groups in total. The first kappa shape index (κ1) is 13.7. The summed E-state index contributed by atoms with van der Waals surface area (Å²) >= 11 is 0. The summed E-state index contributed by atoms with van der Waals surface area (Å²) in [5, 5.41) is 8.01. The normalized spacial score (nSPS) is 12.5. The number of nitrogens with one attached hydrogen (secondary N) is 1. The quantitative estimate of drug-likeness (QED) is 0.903. The van der Waals surface area contributed by atoms with E-state index in [1.54, 1.807) is 0 Å². The minimum atomic E-state index is 0.285. The molecule has 1 heterocycles. The van der Waals surface area contributed by atoms with Crippen LogP contribution >= 0.6 is 0 Å². The van der Waals surface area contributed by atoms with E-state index in [1.165, 1.54) is 16.8 Å². The van der Waals surface area contributed by atoms with Gasteiger partial charge in [-0.1, -0.05) is 31.2 Å². The maximum absolute atomic E-state index is 4.44.